The standard InChI is InChI=1S/C11H12ClN3O2/c1-6-4-7(2-3-8(6)12)10-9(5-13-15-10)14-11(16)17/h2-4,9,13-14H,5H2,1H3,(H,16,17). The fourth-order valence-electron chi connectivity index (χ4n) is 1.73. The molecule has 6 heteroatoms. The lowest BCUT2D eigenvalue weighted by Crippen LogP contribution is -2.41. The first-order valence-electron chi connectivity index (χ1n) is 5.14. The molecule has 0 aromatic heterocycles. The normalized spacial score (nSPS) is 18.5. The maximum absolute atomic E-state index is 10.6. The molecule has 3 N–H and O–H groups in total. The van der Waals surface area contributed by atoms with Crippen molar-refractivity contribution in [3.8, 4) is 0 Å². The van der Waals surface area contributed by atoms with E-state index in [4.69, 9.17) is 16.7 Å². The third-order valence-corrected chi connectivity index (χ3v) is 3.00. The quantitative estimate of drug-likeness (QED) is 0.749. The van der Waals surface area contributed by atoms with Gasteiger partial charge in [-0.25, -0.2) is 4.79 Å². The Morgan fingerprint density at radius 3 is 3.06 bits per heavy atom. The fraction of sp³-hybridized carbons (Fsp3) is 0.273. The summed E-state index contributed by atoms with van der Waals surface area (Å²) >= 11 is 5.94. The molecule has 1 aliphatic rings. The van der Waals surface area contributed by atoms with Crippen LogP contribution >= 0.6 is 11.6 Å². The van der Waals surface area contributed by atoms with Crippen molar-refractivity contribution in [1.82, 2.24) is 10.7 Å². The fourth-order valence-corrected chi connectivity index (χ4v) is 1.85. The molecule has 1 atom stereocenters. The maximum atomic E-state index is 10.6. The molecule has 1 amide bonds. The van der Waals surface area contributed by atoms with Gasteiger partial charge < -0.3 is 15.8 Å². The lowest BCUT2D eigenvalue weighted by atomic mass is 10.0. The third kappa shape index (κ3) is 2.50. The van der Waals surface area contributed by atoms with Crippen molar-refractivity contribution in [3.63, 3.8) is 0 Å². The molecule has 0 bridgehead atoms. The number of amides is 1. The molecule has 0 saturated heterocycles. The molecule has 1 unspecified atom stereocenters. The number of hydrogen-bond donors (Lipinski definition) is 3. The van der Waals surface area contributed by atoms with E-state index in [1.807, 2.05) is 19.1 Å². The molecule has 1 heterocycles. The number of nitrogens with zero attached hydrogens (tertiary/aromatic N) is 1. The van der Waals surface area contributed by atoms with Crippen molar-refractivity contribution in [2.45, 2.75) is 13.0 Å². The van der Waals surface area contributed by atoms with Gasteiger partial charge in [-0.05, 0) is 24.6 Å². The molecule has 0 radical (unpaired) electrons. The van der Waals surface area contributed by atoms with Gasteiger partial charge in [0.25, 0.3) is 0 Å². The smallest absolute Gasteiger partial charge is 0.405 e. The molecule has 2 rings (SSSR count). The monoisotopic (exact) mass is 253 g/mol. The Morgan fingerprint density at radius 1 is 1.65 bits per heavy atom. The maximum Gasteiger partial charge on any atom is 0.405 e. The van der Waals surface area contributed by atoms with Crippen LogP contribution in [-0.4, -0.2) is 29.5 Å². The average Bonchev–Trinajstić information content (AvgIpc) is 2.69. The Bertz CT molecular complexity index is 488. The molecule has 0 aliphatic carbocycles. The summed E-state index contributed by atoms with van der Waals surface area (Å²) in [6, 6.07) is 5.18. The third-order valence-electron chi connectivity index (χ3n) is 2.58. The van der Waals surface area contributed by atoms with Crippen LogP contribution in [0.4, 0.5) is 4.79 Å². The van der Waals surface area contributed by atoms with Gasteiger partial charge in [-0.3, -0.25) is 0 Å². The first kappa shape index (κ1) is 11.7. The predicted octanol–water partition coefficient (Wildman–Crippen LogP) is 1.59. The van der Waals surface area contributed by atoms with Gasteiger partial charge in [0.1, 0.15) is 0 Å². The molecule has 0 fully saturated rings. The summed E-state index contributed by atoms with van der Waals surface area (Å²) in [5.41, 5.74) is 5.29. The zero-order valence-electron chi connectivity index (χ0n) is 9.20. The number of halogens is 1. The molecule has 5 nitrogen and oxygen atoms in total. The van der Waals surface area contributed by atoms with Crippen LogP contribution in [0, 0.1) is 6.92 Å². The van der Waals surface area contributed by atoms with Crippen LogP contribution in [0.1, 0.15) is 11.1 Å². The van der Waals surface area contributed by atoms with Crippen LogP contribution in [0.3, 0.4) is 0 Å². The number of carboxylic acid groups (broad SMARTS) is 1. The Balaban J connectivity index is 2.26. The minimum Gasteiger partial charge on any atom is -0.465 e. The van der Waals surface area contributed by atoms with Crippen LogP contribution in [-0.2, 0) is 0 Å². The molecule has 0 spiro atoms. The number of nitrogens with one attached hydrogen (secondary N) is 2. The van der Waals surface area contributed by atoms with Gasteiger partial charge in [0.05, 0.1) is 18.3 Å². The van der Waals surface area contributed by atoms with Crippen LogP contribution in [0.25, 0.3) is 0 Å². The Morgan fingerprint density at radius 2 is 2.41 bits per heavy atom. The number of hydrogen-bond acceptors (Lipinski definition) is 3. The van der Waals surface area contributed by atoms with Crippen LogP contribution in [0.2, 0.25) is 5.02 Å². The second kappa shape index (κ2) is 4.63. The van der Waals surface area contributed by atoms with Gasteiger partial charge in [-0.1, -0.05) is 17.7 Å². The molecule has 1 aromatic rings. The molecule has 1 aliphatic heterocycles. The second-order valence-corrected chi connectivity index (χ2v) is 4.23. The van der Waals surface area contributed by atoms with Crippen LogP contribution < -0.4 is 10.7 Å². The van der Waals surface area contributed by atoms with E-state index in [-0.39, 0.29) is 6.04 Å². The summed E-state index contributed by atoms with van der Waals surface area (Å²) < 4.78 is 0. The lowest BCUT2D eigenvalue weighted by Gasteiger charge is -2.12. The van der Waals surface area contributed by atoms with E-state index in [1.165, 1.54) is 0 Å². The number of aryl methyl sites for hydroxylation is 1. The summed E-state index contributed by atoms with van der Waals surface area (Å²) in [4.78, 5) is 10.6. The summed E-state index contributed by atoms with van der Waals surface area (Å²) in [7, 11) is 0. The summed E-state index contributed by atoms with van der Waals surface area (Å²) in [6.45, 7) is 2.36. The largest absolute Gasteiger partial charge is 0.465 e. The van der Waals surface area contributed by atoms with Crippen LogP contribution in [0.15, 0.2) is 23.3 Å². The first-order valence-corrected chi connectivity index (χ1v) is 5.52. The van der Waals surface area contributed by atoms with Crippen molar-refractivity contribution in [2.24, 2.45) is 5.10 Å². The van der Waals surface area contributed by atoms with E-state index < -0.39 is 6.09 Å². The Labute approximate surface area is 103 Å². The number of rotatable bonds is 2. The van der Waals surface area contributed by atoms with Gasteiger partial charge in [0.15, 0.2) is 0 Å². The summed E-state index contributed by atoms with van der Waals surface area (Å²) in [5, 5.41) is 15.9. The van der Waals surface area contributed by atoms with Gasteiger partial charge in [-0.2, -0.15) is 5.10 Å². The zero-order chi connectivity index (χ0) is 12.4. The highest BCUT2D eigenvalue weighted by molar-refractivity contribution is 6.31. The van der Waals surface area contributed by atoms with Crippen molar-refractivity contribution in [2.75, 3.05) is 6.54 Å². The topological polar surface area (TPSA) is 73.7 Å². The Hall–Kier alpha value is -1.75. The Kier molecular flexibility index (Phi) is 3.19. The molecule has 1 aromatic carbocycles. The van der Waals surface area contributed by atoms with E-state index in [0.717, 1.165) is 11.1 Å². The van der Waals surface area contributed by atoms with Gasteiger partial charge in [0.2, 0.25) is 0 Å². The zero-order valence-corrected chi connectivity index (χ0v) is 9.95. The first-order chi connectivity index (χ1) is 8.08. The highest BCUT2D eigenvalue weighted by Gasteiger charge is 2.24. The average molecular weight is 254 g/mol. The van der Waals surface area contributed by atoms with Crippen molar-refractivity contribution in [3.05, 3.63) is 34.3 Å². The number of carbonyl (C=O) groups is 1. The highest BCUT2D eigenvalue weighted by Crippen LogP contribution is 2.18. The number of hydrazone groups is 1. The molecule has 0 saturated carbocycles. The van der Waals surface area contributed by atoms with Gasteiger partial charge >= 0.3 is 6.09 Å². The van der Waals surface area contributed by atoms with Crippen molar-refractivity contribution < 1.29 is 9.90 Å². The van der Waals surface area contributed by atoms with E-state index >= 15 is 0 Å². The predicted molar refractivity (Wildman–Crippen MR) is 65.7 cm³/mol. The van der Waals surface area contributed by atoms with Gasteiger partial charge in [0, 0.05) is 10.6 Å². The lowest BCUT2D eigenvalue weighted by molar-refractivity contribution is 0.193. The second-order valence-electron chi connectivity index (χ2n) is 3.83. The van der Waals surface area contributed by atoms with Crippen molar-refractivity contribution in [1.29, 1.82) is 0 Å². The molecule has 17 heavy (non-hydrogen) atoms. The number of benzene rings is 1. The highest BCUT2D eigenvalue weighted by atomic mass is 35.5. The van der Waals surface area contributed by atoms with Crippen LogP contribution in [0.5, 0.6) is 0 Å². The van der Waals surface area contributed by atoms with E-state index in [9.17, 15) is 4.79 Å². The van der Waals surface area contributed by atoms with Gasteiger partial charge in [-0.15, -0.1) is 0 Å². The SMILES string of the molecule is Cc1cc(C2=NNCC2NC(=O)O)ccc1Cl. The molecule has 90 valence electrons. The summed E-state index contributed by atoms with van der Waals surface area (Å²) in [6.07, 6.45) is -1.06. The van der Waals surface area contributed by atoms with E-state index in [2.05, 4.69) is 15.8 Å². The van der Waals surface area contributed by atoms with Crippen molar-refractivity contribution >= 4 is 23.4 Å². The molecular weight excluding hydrogens is 242 g/mol. The minimum atomic E-state index is -1.06. The summed E-state index contributed by atoms with van der Waals surface area (Å²) in [5.74, 6) is 0. The minimum absolute atomic E-state index is 0.326. The molecular formula is C11H12ClN3O2. The van der Waals surface area contributed by atoms with E-state index in [1.54, 1.807) is 6.07 Å². The van der Waals surface area contributed by atoms with E-state index in [0.29, 0.717) is 17.3 Å².